The predicted octanol–water partition coefficient (Wildman–Crippen LogP) is 3.77. The molecule has 28 heavy (non-hydrogen) atoms. The molecule has 0 aliphatic heterocycles. The van der Waals surface area contributed by atoms with E-state index in [1.807, 2.05) is 0 Å². The zero-order valence-corrected chi connectivity index (χ0v) is 16.3. The third-order valence-corrected chi connectivity index (χ3v) is 4.96. The van der Waals surface area contributed by atoms with E-state index in [2.05, 4.69) is 5.32 Å². The highest BCUT2D eigenvalue weighted by Crippen LogP contribution is 2.36. The normalized spacial score (nSPS) is 11.8. The van der Waals surface area contributed by atoms with Crippen LogP contribution in [-0.4, -0.2) is 34.2 Å². The lowest BCUT2D eigenvalue weighted by Gasteiger charge is -2.24. The van der Waals surface area contributed by atoms with Gasteiger partial charge in [0.25, 0.3) is 0 Å². The third kappa shape index (κ3) is 5.29. The fraction of sp³-hybridized carbons (Fsp3) is 0.235. The molecule has 2 aromatic carbocycles. The molecule has 0 saturated heterocycles. The molecule has 0 saturated carbocycles. The van der Waals surface area contributed by atoms with Crippen LogP contribution in [0.3, 0.4) is 0 Å². The number of hydrogen-bond acceptors (Lipinski definition) is 4. The van der Waals surface area contributed by atoms with Gasteiger partial charge >= 0.3 is 6.18 Å². The maximum atomic E-state index is 13.2. The highest BCUT2D eigenvalue weighted by atomic mass is 35.5. The van der Waals surface area contributed by atoms with Crippen LogP contribution in [0.5, 0.6) is 5.75 Å². The summed E-state index contributed by atoms with van der Waals surface area (Å²) in [5, 5.41) is 1.93. The number of halogens is 4. The number of amides is 1. The van der Waals surface area contributed by atoms with Crippen LogP contribution in [0.15, 0.2) is 42.5 Å². The van der Waals surface area contributed by atoms with Crippen LogP contribution >= 0.6 is 11.6 Å². The zero-order chi connectivity index (χ0) is 21.1. The van der Waals surface area contributed by atoms with Crippen LogP contribution in [-0.2, 0) is 21.0 Å². The molecular formula is C17H16ClF3N2O4S. The third-order valence-electron chi connectivity index (χ3n) is 3.60. The Bertz CT molecular complexity index is 981. The first kappa shape index (κ1) is 21.8. The molecule has 11 heteroatoms. The van der Waals surface area contributed by atoms with Gasteiger partial charge in [0.2, 0.25) is 15.9 Å². The number of anilines is 2. The molecule has 2 rings (SSSR count). The van der Waals surface area contributed by atoms with Crippen LogP contribution in [0.1, 0.15) is 5.56 Å². The van der Waals surface area contributed by atoms with Gasteiger partial charge in [0.05, 0.1) is 30.3 Å². The van der Waals surface area contributed by atoms with Crippen molar-refractivity contribution < 1.29 is 31.1 Å². The Morgan fingerprint density at radius 2 is 1.86 bits per heavy atom. The number of nitrogens with one attached hydrogen (secondary N) is 1. The Morgan fingerprint density at radius 3 is 2.43 bits per heavy atom. The van der Waals surface area contributed by atoms with Gasteiger partial charge in [0.15, 0.2) is 0 Å². The summed E-state index contributed by atoms with van der Waals surface area (Å²) in [6, 6.07) is 8.90. The van der Waals surface area contributed by atoms with Crippen LogP contribution < -0.4 is 14.4 Å². The number of para-hydroxylation sites is 2. The number of nitrogens with zero attached hydrogens (tertiary/aromatic N) is 1. The van der Waals surface area contributed by atoms with Crippen molar-refractivity contribution in [1.82, 2.24) is 0 Å². The second-order valence-electron chi connectivity index (χ2n) is 5.68. The number of ether oxygens (including phenoxy) is 1. The topological polar surface area (TPSA) is 75.7 Å². The number of benzene rings is 2. The van der Waals surface area contributed by atoms with E-state index in [0.29, 0.717) is 6.07 Å². The van der Waals surface area contributed by atoms with Gasteiger partial charge in [-0.2, -0.15) is 13.2 Å². The summed E-state index contributed by atoms with van der Waals surface area (Å²) >= 11 is 5.60. The number of carbonyl (C=O) groups is 1. The summed E-state index contributed by atoms with van der Waals surface area (Å²) in [4.78, 5) is 12.3. The molecule has 152 valence electrons. The number of alkyl halides is 3. The van der Waals surface area contributed by atoms with Crippen molar-refractivity contribution >= 4 is 38.9 Å². The molecule has 0 radical (unpaired) electrons. The van der Waals surface area contributed by atoms with Crippen LogP contribution in [0.4, 0.5) is 24.5 Å². The van der Waals surface area contributed by atoms with Gasteiger partial charge in [-0.05, 0) is 30.3 Å². The van der Waals surface area contributed by atoms with Crippen molar-refractivity contribution in [2.75, 3.05) is 29.5 Å². The Labute approximate surface area is 164 Å². The zero-order valence-electron chi connectivity index (χ0n) is 14.7. The second-order valence-corrected chi connectivity index (χ2v) is 8.02. The fourth-order valence-electron chi connectivity index (χ4n) is 2.40. The van der Waals surface area contributed by atoms with E-state index in [4.69, 9.17) is 16.3 Å². The molecule has 0 bridgehead atoms. The molecule has 6 nitrogen and oxygen atoms in total. The van der Waals surface area contributed by atoms with E-state index in [-0.39, 0.29) is 16.5 Å². The molecule has 0 aliphatic carbocycles. The summed E-state index contributed by atoms with van der Waals surface area (Å²) in [6.07, 6.45) is -3.89. The Kier molecular flexibility index (Phi) is 6.45. The number of rotatable bonds is 6. The van der Waals surface area contributed by atoms with Gasteiger partial charge in [-0.15, -0.1) is 0 Å². The largest absolute Gasteiger partial charge is 0.495 e. The minimum atomic E-state index is -4.76. The van der Waals surface area contributed by atoms with Crippen molar-refractivity contribution in [2.24, 2.45) is 0 Å². The molecule has 1 amide bonds. The number of methoxy groups -OCH3 is 1. The van der Waals surface area contributed by atoms with Gasteiger partial charge in [-0.25, -0.2) is 8.42 Å². The Morgan fingerprint density at radius 1 is 1.21 bits per heavy atom. The van der Waals surface area contributed by atoms with Gasteiger partial charge in [0.1, 0.15) is 12.3 Å². The molecule has 0 fully saturated rings. The number of sulfonamides is 1. The van der Waals surface area contributed by atoms with Crippen molar-refractivity contribution in [1.29, 1.82) is 0 Å². The summed E-state index contributed by atoms with van der Waals surface area (Å²) < 4.78 is 69.6. The average Bonchev–Trinajstić information content (AvgIpc) is 2.59. The number of carbonyl (C=O) groups excluding carboxylic acids is 1. The Balaban J connectivity index is 2.34. The molecule has 2 aromatic rings. The van der Waals surface area contributed by atoms with E-state index in [9.17, 15) is 26.4 Å². The summed E-state index contributed by atoms with van der Waals surface area (Å²) in [7, 11) is -2.61. The van der Waals surface area contributed by atoms with E-state index >= 15 is 0 Å². The van der Waals surface area contributed by atoms with Crippen LogP contribution in [0.2, 0.25) is 5.02 Å². The van der Waals surface area contributed by atoms with E-state index in [1.54, 1.807) is 6.07 Å². The van der Waals surface area contributed by atoms with E-state index < -0.39 is 39.9 Å². The van der Waals surface area contributed by atoms with E-state index in [1.165, 1.54) is 31.4 Å². The summed E-state index contributed by atoms with van der Waals surface area (Å²) in [5.41, 5.74) is -1.60. The minimum absolute atomic E-state index is 0.0785. The van der Waals surface area contributed by atoms with Gasteiger partial charge < -0.3 is 10.1 Å². The van der Waals surface area contributed by atoms with Crippen LogP contribution in [0.25, 0.3) is 0 Å². The molecule has 0 spiro atoms. The van der Waals surface area contributed by atoms with Gasteiger partial charge in [0, 0.05) is 5.02 Å². The standard InChI is InChI=1S/C17H16ClF3N2O4S/c1-27-15-6-4-3-5-14(15)23(28(2,25)26)10-16(24)22-13-8-7-11(18)9-12(13)17(19,20)21/h3-9H,10H2,1-2H3,(H,22,24). The minimum Gasteiger partial charge on any atom is -0.495 e. The quantitative estimate of drug-likeness (QED) is 0.748. The van der Waals surface area contributed by atoms with Crippen molar-refractivity contribution in [3.63, 3.8) is 0 Å². The highest BCUT2D eigenvalue weighted by Gasteiger charge is 2.34. The molecule has 0 unspecified atom stereocenters. The monoisotopic (exact) mass is 436 g/mol. The van der Waals surface area contributed by atoms with Crippen molar-refractivity contribution in [2.45, 2.75) is 6.18 Å². The summed E-state index contributed by atoms with van der Waals surface area (Å²) in [6.45, 7) is -0.751. The van der Waals surface area contributed by atoms with Crippen molar-refractivity contribution in [3.8, 4) is 5.75 Å². The van der Waals surface area contributed by atoms with E-state index in [0.717, 1.165) is 16.6 Å². The second kappa shape index (κ2) is 8.27. The highest BCUT2D eigenvalue weighted by molar-refractivity contribution is 7.92. The SMILES string of the molecule is COc1ccccc1N(CC(=O)Nc1ccc(Cl)cc1C(F)(F)F)S(C)(=O)=O. The molecule has 0 aromatic heterocycles. The molecule has 0 heterocycles. The predicted molar refractivity (Wildman–Crippen MR) is 100 cm³/mol. The molecule has 1 N–H and O–H groups in total. The van der Waals surface area contributed by atoms with Gasteiger partial charge in [-0.3, -0.25) is 9.10 Å². The lowest BCUT2D eigenvalue weighted by atomic mass is 10.1. The smallest absolute Gasteiger partial charge is 0.418 e. The lowest BCUT2D eigenvalue weighted by Crippen LogP contribution is -2.37. The molecular weight excluding hydrogens is 421 g/mol. The molecule has 0 aliphatic rings. The first-order valence-corrected chi connectivity index (χ1v) is 9.93. The first-order valence-electron chi connectivity index (χ1n) is 7.71. The average molecular weight is 437 g/mol. The molecule has 0 atom stereocenters. The lowest BCUT2D eigenvalue weighted by molar-refractivity contribution is -0.137. The van der Waals surface area contributed by atoms with Crippen molar-refractivity contribution in [3.05, 3.63) is 53.1 Å². The number of hydrogen-bond donors (Lipinski definition) is 1. The maximum Gasteiger partial charge on any atom is 0.418 e. The first-order chi connectivity index (χ1) is 12.9. The van der Waals surface area contributed by atoms with Gasteiger partial charge in [-0.1, -0.05) is 23.7 Å². The van der Waals surface area contributed by atoms with Crippen LogP contribution in [0, 0.1) is 0 Å². The Hall–Kier alpha value is -2.46. The summed E-state index contributed by atoms with van der Waals surface area (Å²) in [5.74, 6) is -0.785. The maximum absolute atomic E-state index is 13.2. The fourth-order valence-corrected chi connectivity index (χ4v) is 3.43.